The average Bonchev–Trinajstić information content (AvgIpc) is 2.66. The van der Waals surface area contributed by atoms with Gasteiger partial charge in [0.15, 0.2) is 6.10 Å². The molecule has 2 aromatic carbocycles. The molecule has 8 nitrogen and oxygen atoms in total. The van der Waals surface area contributed by atoms with Crippen LogP contribution in [0.5, 0.6) is 5.75 Å². The number of sulfonamides is 1. The third kappa shape index (κ3) is 5.80. The van der Waals surface area contributed by atoms with Gasteiger partial charge in [-0.3, -0.25) is 4.79 Å². The fourth-order valence-corrected chi connectivity index (χ4v) is 3.14. The largest absolute Gasteiger partial charge is 0.496 e. The number of amides is 1. The number of carbonyl (C=O) groups excluding carboxylic acids is 2. The summed E-state index contributed by atoms with van der Waals surface area (Å²) in [5, 5.41) is 7.78. The van der Waals surface area contributed by atoms with E-state index in [0.29, 0.717) is 5.69 Å². The first-order valence-corrected chi connectivity index (χ1v) is 10.7. The third-order valence-electron chi connectivity index (χ3n) is 4.39. The number of ether oxygens (including phenoxy) is 2. The predicted octanol–water partition coefficient (Wildman–Crippen LogP) is 2.82. The summed E-state index contributed by atoms with van der Waals surface area (Å²) in [7, 11) is -2.71. The minimum absolute atomic E-state index is 0.0179. The van der Waals surface area contributed by atoms with E-state index in [2.05, 4.69) is 26.1 Å². The van der Waals surface area contributed by atoms with Crippen molar-refractivity contribution in [2.45, 2.75) is 44.1 Å². The van der Waals surface area contributed by atoms with Gasteiger partial charge in [0.2, 0.25) is 10.0 Å². The Morgan fingerprint density at radius 1 is 1.07 bits per heavy atom. The molecule has 1 unspecified atom stereocenters. The third-order valence-corrected chi connectivity index (χ3v) is 5.30. The molecule has 1 atom stereocenters. The second kappa shape index (κ2) is 8.85. The maximum Gasteiger partial charge on any atom is 0.342 e. The molecule has 0 aliphatic rings. The number of nitrogens with two attached hydrogens (primary N) is 1. The summed E-state index contributed by atoms with van der Waals surface area (Å²) in [6, 6.07) is 10.9. The van der Waals surface area contributed by atoms with Crippen molar-refractivity contribution in [3.05, 3.63) is 53.6 Å². The van der Waals surface area contributed by atoms with Crippen molar-refractivity contribution in [3.63, 3.8) is 0 Å². The Morgan fingerprint density at radius 3 is 2.17 bits per heavy atom. The normalized spacial score (nSPS) is 12.7. The smallest absolute Gasteiger partial charge is 0.342 e. The van der Waals surface area contributed by atoms with Crippen molar-refractivity contribution in [3.8, 4) is 5.75 Å². The number of hydrogen-bond donors (Lipinski definition) is 2. The second-order valence-corrected chi connectivity index (χ2v) is 9.33. The molecule has 0 fully saturated rings. The van der Waals surface area contributed by atoms with Crippen molar-refractivity contribution in [2.24, 2.45) is 5.14 Å². The first-order chi connectivity index (χ1) is 13.8. The van der Waals surface area contributed by atoms with Crippen molar-refractivity contribution in [2.75, 3.05) is 12.4 Å². The van der Waals surface area contributed by atoms with E-state index in [9.17, 15) is 18.0 Å². The van der Waals surface area contributed by atoms with Gasteiger partial charge in [-0.15, -0.1) is 0 Å². The van der Waals surface area contributed by atoms with Gasteiger partial charge in [-0.1, -0.05) is 32.9 Å². The topological polar surface area (TPSA) is 125 Å². The molecule has 0 aromatic heterocycles. The van der Waals surface area contributed by atoms with E-state index in [-0.39, 0.29) is 21.6 Å². The summed E-state index contributed by atoms with van der Waals surface area (Å²) in [6.45, 7) is 7.66. The molecule has 2 rings (SSSR count). The maximum atomic E-state index is 12.5. The van der Waals surface area contributed by atoms with Crippen LogP contribution >= 0.6 is 0 Å². The molecule has 1 amide bonds. The number of nitrogens with one attached hydrogen (secondary N) is 1. The zero-order valence-electron chi connectivity index (χ0n) is 17.6. The Bertz CT molecular complexity index is 1040. The van der Waals surface area contributed by atoms with Gasteiger partial charge < -0.3 is 14.8 Å². The molecule has 3 N–H and O–H groups in total. The number of hydrogen-bond acceptors (Lipinski definition) is 6. The molecular formula is C21H26N2O6S. The van der Waals surface area contributed by atoms with Gasteiger partial charge in [0.25, 0.3) is 5.91 Å². The molecule has 0 radical (unpaired) electrons. The van der Waals surface area contributed by atoms with Gasteiger partial charge in [-0.05, 0) is 48.2 Å². The maximum absolute atomic E-state index is 12.5. The van der Waals surface area contributed by atoms with Crippen LogP contribution in [-0.2, 0) is 25.0 Å². The quantitative estimate of drug-likeness (QED) is 0.674. The monoisotopic (exact) mass is 434 g/mol. The van der Waals surface area contributed by atoms with Gasteiger partial charge in [-0.2, -0.15) is 0 Å². The molecule has 162 valence electrons. The molecule has 0 aliphatic carbocycles. The Labute approximate surface area is 176 Å². The Morgan fingerprint density at radius 2 is 1.67 bits per heavy atom. The van der Waals surface area contributed by atoms with Gasteiger partial charge in [0, 0.05) is 5.69 Å². The highest BCUT2D eigenvalue weighted by Gasteiger charge is 2.23. The zero-order chi connectivity index (χ0) is 22.7. The lowest BCUT2D eigenvalue weighted by Gasteiger charge is -2.19. The molecule has 0 saturated heterocycles. The highest BCUT2D eigenvalue weighted by Crippen LogP contribution is 2.25. The molecule has 0 aliphatic heterocycles. The lowest BCUT2D eigenvalue weighted by molar-refractivity contribution is -0.123. The van der Waals surface area contributed by atoms with Crippen molar-refractivity contribution < 1.29 is 27.5 Å². The van der Waals surface area contributed by atoms with E-state index in [1.807, 2.05) is 12.1 Å². The predicted molar refractivity (Wildman–Crippen MR) is 113 cm³/mol. The summed E-state index contributed by atoms with van der Waals surface area (Å²) in [6.07, 6.45) is -1.14. The van der Waals surface area contributed by atoms with Gasteiger partial charge in [0.05, 0.1) is 12.0 Å². The van der Waals surface area contributed by atoms with Gasteiger partial charge in [-0.25, -0.2) is 18.4 Å². The first kappa shape index (κ1) is 23.4. The van der Waals surface area contributed by atoms with Crippen molar-refractivity contribution in [1.29, 1.82) is 0 Å². The van der Waals surface area contributed by atoms with Gasteiger partial charge in [0.1, 0.15) is 11.3 Å². The molecule has 2 aromatic rings. The second-order valence-electron chi connectivity index (χ2n) is 7.77. The van der Waals surface area contributed by atoms with E-state index < -0.39 is 28.0 Å². The van der Waals surface area contributed by atoms with E-state index in [1.54, 1.807) is 12.1 Å². The molecule has 0 bridgehead atoms. The number of anilines is 1. The van der Waals surface area contributed by atoms with Crippen LogP contribution in [0.1, 0.15) is 43.6 Å². The van der Waals surface area contributed by atoms with Gasteiger partial charge >= 0.3 is 5.97 Å². The lowest BCUT2D eigenvalue weighted by Crippen LogP contribution is -2.30. The van der Waals surface area contributed by atoms with Crippen LogP contribution in [0.4, 0.5) is 5.69 Å². The Kier molecular flexibility index (Phi) is 6.89. The number of rotatable bonds is 6. The lowest BCUT2D eigenvalue weighted by atomic mass is 9.87. The van der Waals surface area contributed by atoms with Crippen LogP contribution in [0.15, 0.2) is 47.4 Å². The SMILES string of the molecule is COc1ccc(S(N)(=O)=O)cc1C(=O)OC(C)C(=O)Nc1ccc(C(C)(C)C)cc1. The minimum atomic E-state index is -4.03. The van der Waals surface area contributed by atoms with Crippen LogP contribution in [0.3, 0.4) is 0 Å². The molecule has 9 heteroatoms. The van der Waals surface area contributed by atoms with E-state index in [0.717, 1.165) is 11.6 Å². The summed E-state index contributed by atoms with van der Waals surface area (Å²) >= 11 is 0. The molecule has 30 heavy (non-hydrogen) atoms. The average molecular weight is 435 g/mol. The number of primary sulfonamides is 1. The summed E-state index contributed by atoms with van der Waals surface area (Å²) < 4.78 is 33.4. The number of benzene rings is 2. The van der Waals surface area contributed by atoms with Crippen LogP contribution < -0.4 is 15.2 Å². The fraction of sp³-hybridized carbons (Fsp3) is 0.333. The van der Waals surface area contributed by atoms with E-state index in [4.69, 9.17) is 14.6 Å². The number of esters is 1. The summed E-state index contributed by atoms with van der Waals surface area (Å²) in [4.78, 5) is 24.6. The van der Waals surface area contributed by atoms with E-state index in [1.165, 1.54) is 26.2 Å². The van der Waals surface area contributed by atoms with Crippen LogP contribution in [0.2, 0.25) is 0 Å². The number of methoxy groups -OCH3 is 1. The first-order valence-electron chi connectivity index (χ1n) is 9.16. The van der Waals surface area contributed by atoms with Crippen LogP contribution in [0.25, 0.3) is 0 Å². The zero-order valence-corrected chi connectivity index (χ0v) is 18.4. The molecule has 0 heterocycles. The van der Waals surface area contributed by atoms with Crippen molar-refractivity contribution in [1.82, 2.24) is 0 Å². The molecular weight excluding hydrogens is 408 g/mol. The van der Waals surface area contributed by atoms with Crippen molar-refractivity contribution >= 4 is 27.6 Å². The molecule has 0 saturated carbocycles. The van der Waals surface area contributed by atoms with Crippen LogP contribution in [-0.4, -0.2) is 33.5 Å². The number of carbonyl (C=O) groups is 2. The minimum Gasteiger partial charge on any atom is -0.496 e. The highest BCUT2D eigenvalue weighted by molar-refractivity contribution is 7.89. The highest BCUT2D eigenvalue weighted by atomic mass is 32.2. The van der Waals surface area contributed by atoms with E-state index >= 15 is 0 Å². The fourth-order valence-electron chi connectivity index (χ4n) is 2.60. The summed E-state index contributed by atoms with van der Waals surface area (Å²) in [5.41, 5.74) is 1.50. The Balaban J connectivity index is 2.12. The molecule has 0 spiro atoms. The standard InChI is InChI=1S/C21H26N2O6S/c1-13(19(24)23-15-8-6-14(7-9-15)21(2,3)4)29-20(25)17-12-16(30(22,26)27)10-11-18(17)28-5/h6-13H,1-5H3,(H,23,24)(H2,22,26,27). The summed E-state index contributed by atoms with van der Waals surface area (Å²) in [5.74, 6) is -1.35. The van der Waals surface area contributed by atoms with Crippen LogP contribution in [0, 0.1) is 0 Å². The Hall–Kier alpha value is -2.91.